The van der Waals surface area contributed by atoms with Crippen LogP contribution >= 0.6 is 0 Å². The van der Waals surface area contributed by atoms with Crippen molar-refractivity contribution < 1.29 is 14.7 Å². The van der Waals surface area contributed by atoms with Crippen molar-refractivity contribution in [2.24, 2.45) is 11.3 Å². The van der Waals surface area contributed by atoms with Gasteiger partial charge in [-0.2, -0.15) is 0 Å². The lowest BCUT2D eigenvalue weighted by molar-refractivity contribution is -0.154. The van der Waals surface area contributed by atoms with Crippen molar-refractivity contribution in [3.05, 3.63) is 0 Å². The highest BCUT2D eigenvalue weighted by Crippen LogP contribution is 2.30. The smallest absolute Gasteiger partial charge is 0.311 e. The Morgan fingerprint density at radius 2 is 2.11 bits per heavy atom. The second-order valence-corrected chi connectivity index (χ2v) is 5.77. The van der Waals surface area contributed by atoms with Crippen molar-refractivity contribution in [1.29, 1.82) is 0 Å². The van der Waals surface area contributed by atoms with Crippen LogP contribution in [0.1, 0.15) is 52.9 Å². The van der Waals surface area contributed by atoms with Crippen LogP contribution in [0.25, 0.3) is 0 Å². The molecule has 1 amide bonds. The lowest BCUT2D eigenvalue weighted by Gasteiger charge is -2.38. The van der Waals surface area contributed by atoms with Crippen molar-refractivity contribution in [2.45, 2.75) is 52.9 Å². The molecule has 1 rings (SSSR count). The molecule has 1 fully saturated rings. The summed E-state index contributed by atoms with van der Waals surface area (Å²) in [5.41, 5.74) is -0.765. The first-order chi connectivity index (χ1) is 8.40. The molecule has 0 spiro atoms. The Morgan fingerprint density at radius 3 is 2.67 bits per heavy atom. The second kappa shape index (κ2) is 6.21. The van der Waals surface area contributed by atoms with Crippen molar-refractivity contribution >= 4 is 11.9 Å². The molecule has 0 aromatic carbocycles. The third kappa shape index (κ3) is 3.47. The molecule has 1 saturated heterocycles. The Labute approximate surface area is 109 Å². The Balaban J connectivity index is 2.61. The summed E-state index contributed by atoms with van der Waals surface area (Å²) in [6, 6.07) is 0. The predicted octanol–water partition coefficient (Wildman–Crippen LogP) is 2.53. The van der Waals surface area contributed by atoms with Gasteiger partial charge in [0.25, 0.3) is 0 Å². The molecule has 2 atom stereocenters. The van der Waals surface area contributed by atoms with E-state index < -0.39 is 11.4 Å². The van der Waals surface area contributed by atoms with Gasteiger partial charge in [0.05, 0.1) is 5.41 Å². The number of nitrogens with zero attached hydrogens (tertiary/aromatic N) is 1. The molecule has 0 aliphatic carbocycles. The molecule has 0 radical (unpaired) electrons. The van der Waals surface area contributed by atoms with Gasteiger partial charge >= 0.3 is 5.97 Å². The first kappa shape index (κ1) is 15.0. The average Bonchev–Trinajstić information content (AvgIpc) is 2.34. The molecule has 18 heavy (non-hydrogen) atoms. The Bertz CT molecular complexity index is 316. The number of carbonyl (C=O) groups excluding carboxylic acids is 1. The maximum absolute atomic E-state index is 12.2. The van der Waals surface area contributed by atoms with Gasteiger partial charge in [0, 0.05) is 19.0 Å². The van der Waals surface area contributed by atoms with E-state index in [-0.39, 0.29) is 11.8 Å². The first-order valence-electron chi connectivity index (χ1n) is 6.93. The van der Waals surface area contributed by atoms with E-state index in [0.29, 0.717) is 19.5 Å². The summed E-state index contributed by atoms with van der Waals surface area (Å²) < 4.78 is 0. The number of likely N-dealkylation sites (tertiary alicyclic amines) is 1. The summed E-state index contributed by atoms with van der Waals surface area (Å²) in [6.07, 6.45) is 4.49. The van der Waals surface area contributed by atoms with Crippen LogP contribution in [0.3, 0.4) is 0 Å². The number of carboxylic acids is 1. The first-order valence-corrected chi connectivity index (χ1v) is 6.93. The Kier molecular flexibility index (Phi) is 5.17. The molecule has 104 valence electrons. The highest BCUT2D eigenvalue weighted by Gasteiger charge is 2.39. The minimum atomic E-state index is -0.791. The SMILES string of the molecule is CCCCC(C)C(=O)N1CCCC(C)(C(=O)O)C1. The minimum absolute atomic E-state index is 0.0149. The number of hydrogen-bond donors (Lipinski definition) is 1. The van der Waals surface area contributed by atoms with Crippen molar-refractivity contribution in [1.82, 2.24) is 4.90 Å². The summed E-state index contributed by atoms with van der Waals surface area (Å²) in [4.78, 5) is 25.2. The van der Waals surface area contributed by atoms with Crippen molar-refractivity contribution in [3.63, 3.8) is 0 Å². The highest BCUT2D eigenvalue weighted by molar-refractivity contribution is 5.81. The normalized spacial score (nSPS) is 25.8. The van der Waals surface area contributed by atoms with Crippen molar-refractivity contribution in [2.75, 3.05) is 13.1 Å². The van der Waals surface area contributed by atoms with Gasteiger partial charge in [-0.1, -0.05) is 26.7 Å². The fourth-order valence-electron chi connectivity index (χ4n) is 2.55. The summed E-state index contributed by atoms with van der Waals surface area (Å²) in [5.74, 6) is -0.655. The molecule has 1 aliphatic rings. The number of amides is 1. The van der Waals surface area contributed by atoms with Gasteiger partial charge in [-0.25, -0.2) is 0 Å². The topological polar surface area (TPSA) is 57.6 Å². The number of hydrogen-bond acceptors (Lipinski definition) is 2. The van der Waals surface area contributed by atoms with E-state index in [0.717, 1.165) is 25.7 Å². The van der Waals surface area contributed by atoms with E-state index in [1.807, 2.05) is 6.92 Å². The van der Waals surface area contributed by atoms with Crippen LogP contribution < -0.4 is 0 Å². The molecule has 2 unspecified atom stereocenters. The molecule has 1 N–H and O–H groups in total. The van der Waals surface area contributed by atoms with E-state index >= 15 is 0 Å². The van der Waals surface area contributed by atoms with Crippen molar-refractivity contribution in [3.8, 4) is 0 Å². The fourth-order valence-corrected chi connectivity index (χ4v) is 2.55. The van der Waals surface area contributed by atoms with Gasteiger partial charge in [0.2, 0.25) is 5.91 Å². The number of piperidine rings is 1. The predicted molar refractivity (Wildman–Crippen MR) is 70.2 cm³/mol. The molecule has 1 aliphatic heterocycles. The van der Waals surface area contributed by atoms with Gasteiger partial charge in [0.15, 0.2) is 0 Å². The zero-order valence-electron chi connectivity index (χ0n) is 11.7. The number of rotatable bonds is 5. The second-order valence-electron chi connectivity index (χ2n) is 5.77. The van der Waals surface area contributed by atoms with Gasteiger partial charge in [0.1, 0.15) is 0 Å². The number of carbonyl (C=O) groups is 2. The van der Waals surface area contributed by atoms with E-state index in [1.165, 1.54) is 0 Å². The molecular weight excluding hydrogens is 230 g/mol. The molecule has 0 bridgehead atoms. The van der Waals surface area contributed by atoms with E-state index in [2.05, 4.69) is 6.92 Å². The number of carboxylic acid groups (broad SMARTS) is 1. The van der Waals surface area contributed by atoms with Crippen LogP contribution in [-0.4, -0.2) is 35.0 Å². The standard InChI is InChI=1S/C14H25NO3/c1-4-5-7-11(2)12(16)15-9-6-8-14(3,10-15)13(17)18/h11H,4-10H2,1-3H3,(H,17,18). The molecule has 4 nitrogen and oxygen atoms in total. The van der Waals surface area contributed by atoms with Gasteiger partial charge in [-0.15, -0.1) is 0 Å². The van der Waals surface area contributed by atoms with Crippen LogP contribution in [0.15, 0.2) is 0 Å². The quantitative estimate of drug-likeness (QED) is 0.821. The summed E-state index contributed by atoms with van der Waals surface area (Å²) >= 11 is 0. The monoisotopic (exact) mass is 255 g/mol. The summed E-state index contributed by atoms with van der Waals surface area (Å²) in [7, 11) is 0. The van der Waals surface area contributed by atoms with Crippen LogP contribution in [0, 0.1) is 11.3 Å². The highest BCUT2D eigenvalue weighted by atomic mass is 16.4. The Morgan fingerprint density at radius 1 is 1.44 bits per heavy atom. The zero-order valence-corrected chi connectivity index (χ0v) is 11.7. The third-order valence-corrected chi connectivity index (χ3v) is 3.94. The largest absolute Gasteiger partial charge is 0.481 e. The summed E-state index contributed by atoms with van der Waals surface area (Å²) in [5, 5.41) is 9.24. The molecule has 0 aromatic heterocycles. The van der Waals surface area contributed by atoms with E-state index in [4.69, 9.17) is 0 Å². The van der Waals surface area contributed by atoms with E-state index in [1.54, 1.807) is 11.8 Å². The van der Waals surface area contributed by atoms with Gasteiger partial charge < -0.3 is 10.0 Å². The third-order valence-electron chi connectivity index (χ3n) is 3.94. The minimum Gasteiger partial charge on any atom is -0.481 e. The maximum Gasteiger partial charge on any atom is 0.311 e. The average molecular weight is 255 g/mol. The number of unbranched alkanes of at least 4 members (excludes halogenated alkanes) is 1. The molecule has 0 saturated carbocycles. The fraction of sp³-hybridized carbons (Fsp3) is 0.857. The van der Waals surface area contributed by atoms with Crippen LogP contribution in [0.5, 0.6) is 0 Å². The zero-order chi connectivity index (χ0) is 13.8. The molecular formula is C14H25NO3. The number of aliphatic carboxylic acids is 1. The lowest BCUT2D eigenvalue weighted by atomic mass is 9.81. The molecule has 4 heteroatoms. The maximum atomic E-state index is 12.2. The molecule has 0 aromatic rings. The summed E-state index contributed by atoms with van der Waals surface area (Å²) in [6.45, 7) is 6.87. The molecule has 1 heterocycles. The van der Waals surface area contributed by atoms with Gasteiger partial charge in [-0.05, 0) is 26.2 Å². The van der Waals surface area contributed by atoms with Crippen LogP contribution in [-0.2, 0) is 9.59 Å². The van der Waals surface area contributed by atoms with E-state index in [9.17, 15) is 14.7 Å². The lowest BCUT2D eigenvalue weighted by Crippen LogP contribution is -2.49. The van der Waals surface area contributed by atoms with Crippen LogP contribution in [0.4, 0.5) is 0 Å². The van der Waals surface area contributed by atoms with Crippen LogP contribution in [0.2, 0.25) is 0 Å². The van der Waals surface area contributed by atoms with Gasteiger partial charge in [-0.3, -0.25) is 9.59 Å². The Hall–Kier alpha value is -1.06.